The minimum atomic E-state index is -0.906. The smallest absolute Gasteiger partial charge is 0.213 e. The lowest BCUT2D eigenvalue weighted by molar-refractivity contribution is -0.0192. The van der Waals surface area contributed by atoms with Crippen molar-refractivity contribution in [3.63, 3.8) is 0 Å². The molecule has 0 aliphatic carbocycles. The predicted molar refractivity (Wildman–Crippen MR) is 101 cm³/mol. The zero-order valence-corrected chi connectivity index (χ0v) is 15.5. The molecule has 136 valence electrons. The van der Waals surface area contributed by atoms with Crippen molar-refractivity contribution in [1.82, 2.24) is 5.01 Å². The fraction of sp³-hybridized carbons (Fsp3) is 0.150. The summed E-state index contributed by atoms with van der Waals surface area (Å²) in [5, 5.41) is 9.21. The number of hydrogen-bond donors (Lipinski definition) is 0. The average molecular weight is 403 g/mol. The van der Waals surface area contributed by atoms with Gasteiger partial charge in [0.15, 0.2) is 11.6 Å². The summed E-state index contributed by atoms with van der Waals surface area (Å²) in [7, 11) is 0. The van der Waals surface area contributed by atoms with E-state index in [2.05, 4.69) is 0 Å². The van der Waals surface area contributed by atoms with E-state index in [0.717, 1.165) is 28.3 Å². The van der Waals surface area contributed by atoms with E-state index in [1.54, 1.807) is 17.4 Å². The van der Waals surface area contributed by atoms with E-state index in [9.17, 15) is 8.78 Å². The maximum absolute atomic E-state index is 13.8. The zero-order valence-electron chi connectivity index (χ0n) is 13.9. The Hall–Kier alpha value is -2.44. The molecule has 0 saturated heterocycles. The second-order valence-corrected chi connectivity index (χ2v) is 7.83. The van der Waals surface area contributed by atoms with Gasteiger partial charge in [-0.3, -0.25) is 0 Å². The Balaban J connectivity index is 1.62. The molecule has 0 amide bonds. The van der Waals surface area contributed by atoms with E-state index in [1.165, 1.54) is 6.07 Å². The lowest BCUT2D eigenvalue weighted by Crippen LogP contribution is -2.33. The van der Waals surface area contributed by atoms with Gasteiger partial charge < -0.3 is 4.74 Å². The lowest BCUT2D eigenvalue weighted by atomic mass is 9.97. The molecule has 3 nitrogen and oxygen atoms in total. The molecule has 0 spiro atoms. The average Bonchev–Trinajstić information content (AvgIpc) is 3.33. The number of halogens is 3. The second kappa shape index (κ2) is 6.32. The molecule has 3 aromatic rings. The van der Waals surface area contributed by atoms with E-state index in [0.29, 0.717) is 22.8 Å². The largest absolute Gasteiger partial charge is 0.464 e. The second-order valence-electron chi connectivity index (χ2n) is 6.45. The minimum absolute atomic E-state index is 0.0809. The van der Waals surface area contributed by atoms with E-state index >= 15 is 0 Å². The van der Waals surface area contributed by atoms with Crippen LogP contribution in [0.15, 0.2) is 59.0 Å². The molecular weight excluding hydrogens is 390 g/mol. The van der Waals surface area contributed by atoms with Crippen LogP contribution in [-0.2, 0) is 0 Å². The topological polar surface area (TPSA) is 24.8 Å². The van der Waals surface area contributed by atoms with Gasteiger partial charge in [-0.1, -0.05) is 23.7 Å². The van der Waals surface area contributed by atoms with Gasteiger partial charge in [0, 0.05) is 22.6 Å². The molecule has 7 heteroatoms. The van der Waals surface area contributed by atoms with Crippen LogP contribution in [0, 0.1) is 11.6 Å². The maximum Gasteiger partial charge on any atom is 0.213 e. The number of ether oxygens (including phenoxy) is 1. The molecule has 0 radical (unpaired) electrons. The number of rotatable bonds is 2. The zero-order chi connectivity index (χ0) is 18.5. The Labute approximate surface area is 163 Å². The normalized spacial score (nSPS) is 20.7. The first-order valence-corrected chi connectivity index (χ1v) is 9.66. The van der Waals surface area contributed by atoms with Gasteiger partial charge in [0.2, 0.25) is 6.23 Å². The van der Waals surface area contributed by atoms with E-state index in [1.807, 2.05) is 34.7 Å². The van der Waals surface area contributed by atoms with Crippen molar-refractivity contribution < 1.29 is 13.5 Å². The molecule has 3 heterocycles. The van der Waals surface area contributed by atoms with Crippen LogP contribution in [0.2, 0.25) is 5.02 Å². The molecule has 0 N–H and O–H groups in total. The van der Waals surface area contributed by atoms with Crippen molar-refractivity contribution in [2.75, 3.05) is 0 Å². The van der Waals surface area contributed by atoms with Gasteiger partial charge >= 0.3 is 0 Å². The van der Waals surface area contributed by atoms with E-state index in [-0.39, 0.29) is 6.04 Å². The van der Waals surface area contributed by atoms with Crippen molar-refractivity contribution in [2.24, 2.45) is 5.10 Å². The van der Waals surface area contributed by atoms with Gasteiger partial charge in [-0.2, -0.15) is 5.10 Å². The third-order valence-electron chi connectivity index (χ3n) is 4.79. The first kappa shape index (κ1) is 16.7. The van der Waals surface area contributed by atoms with Crippen LogP contribution in [-0.4, -0.2) is 10.7 Å². The first-order valence-electron chi connectivity index (χ1n) is 8.41. The van der Waals surface area contributed by atoms with E-state index < -0.39 is 17.9 Å². The van der Waals surface area contributed by atoms with Crippen LogP contribution in [0.4, 0.5) is 8.78 Å². The highest BCUT2D eigenvalue weighted by molar-refractivity contribution is 7.12. The van der Waals surface area contributed by atoms with Gasteiger partial charge in [-0.25, -0.2) is 13.8 Å². The van der Waals surface area contributed by atoms with Gasteiger partial charge in [0.05, 0.1) is 16.6 Å². The SMILES string of the molecule is Fc1ccc([C@@H]2Oc3ccc(Cl)cc3[C@@H]3CC(c4cccs4)=NN32)cc1F. The van der Waals surface area contributed by atoms with Crippen molar-refractivity contribution in [1.29, 1.82) is 0 Å². The van der Waals surface area contributed by atoms with Gasteiger partial charge in [0.25, 0.3) is 0 Å². The molecule has 2 aliphatic heterocycles. The van der Waals surface area contributed by atoms with Crippen LogP contribution in [0.5, 0.6) is 5.75 Å². The quantitative estimate of drug-likeness (QED) is 0.531. The Bertz CT molecular complexity index is 1050. The molecule has 0 unspecified atom stereocenters. The summed E-state index contributed by atoms with van der Waals surface area (Å²) in [5.41, 5.74) is 2.39. The molecule has 0 bridgehead atoms. The molecule has 1 aromatic heterocycles. The van der Waals surface area contributed by atoms with Crippen LogP contribution in [0.1, 0.15) is 34.7 Å². The Morgan fingerprint density at radius 2 is 2.00 bits per heavy atom. The number of fused-ring (bicyclic) bond motifs is 3. The van der Waals surface area contributed by atoms with Crippen LogP contribution in [0.3, 0.4) is 0 Å². The summed E-state index contributed by atoms with van der Waals surface area (Å²) in [6, 6.07) is 13.2. The predicted octanol–water partition coefficient (Wildman–Crippen LogP) is 5.92. The molecule has 2 aliphatic rings. The Kier molecular flexibility index (Phi) is 3.91. The summed E-state index contributed by atoms with van der Waals surface area (Å²) >= 11 is 7.81. The van der Waals surface area contributed by atoms with Gasteiger partial charge in [-0.15, -0.1) is 11.3 Å². The molecule has 2 aromatic carbocycles. The number of hydrazone groups is 1. The summed E-state index contributed by atoms with van der Waals surface area (Å²) in [6.07, 6.45) is 0.0495. The lowest BCUT2D eigenvalue weighted by Gasteiger charge is -2.38. The highest BCUT2D eigenvalue weighted by Gasteiger charge is 2.41. The molecule has 27 heavy (non-hydrogen) atoms. The van der Waals surface area contributed by atoms with Crippen molar-refractivity contribution in [2.45, 2.75) is 18.7 Å². The van der Waals surface area contributed by atoms with Crippen LogP contribution >= 0.6 is 22.9 Å². The first-order chi connectivity index (χ1) is 13.1. The number of hydrogen-bond acceptors (Lipinski definition) is 4. The molecule has 0 saturated carbocycles. The van der Waals surface area contributed by atoms with Crippen LogP contribution in [0.25, 0.3) is 0 Å². The number of benzene rings is 2. The highest BCUT2D eigenvalue weighted by atomic mass is 35.5. The Morgan fingerprint density at radius 1 is 1.11 bits per heavy atom. The summed E-state index contributed by atoms with van der Waals surface area (Å²) in [6.45, 7) is 0. The van der Waals surface area contributed by atoms with Gasteiger partial charge in [-0.05, 0) is 41.8 Å². The van der Waals surface area contributed by atoms with Crippen molar-refractivity contribution >= 4 is 28.6 Å². The van der Waals surface area contributed by atoms with E-state index in [4.69, 9.17) is 21.4 Å². The van der Waals surface area contributed by atoms with Crippen LogP contribution < -0.4 is 4.74 Å². The number of nitrogens with zero attached hydrogens (tertiary/aromatic N) is 2. The standard InChI is InChI=1S/C20H13ClF2N2OS/c21-12-4-6-18-13(9-12)17-10-16(19-2-1-7-27-19)24-25(17)20(26-18)11-3-5-14(22)15(23)8-11/h1-9,17,20H,10H2/t17-,20-/m0/s1. The molecule has 5 rings (SSSR count). The fourth-order valence-corrected chi connectivity index (χ4v) is 4.44. The summed E-state index contributed by atoms with van der Waals surface area (Å²) in [4.78, 5) is 1.08. The molecule has 0 fully saturated rings. The van der Waals surface area contributed by atoms with Crippen molar-refractivity contribution in [3.8, 4) is 5.75 Å². The molecular formula is C20H13ClF2N2OS. The summed E-state index contributed by atoms with van der Waals surface area (Å²) in [5.74, 6) is -1.11. The van der Waals surface area contributed by atoms with Gasteiger partial charge in [0.1, 0.15) is 5.75 Å². The fourth-order valence-electron chi connectivity index (χ4n) is 3.54. The number of thiophene rings is 1. The maximum atomic E-state index is 13.8. The molecule has 2 atom stereocenters. The summed E-state index contributed by atoms with van der Waals surface area (Å²) < 4.78 is 33.3. The Morgan fingerprint density at radius 3 is 2.78 bits per heavy atom. The third-order valence-corrected chi connectivity index (χ3v) is 5.94. The monoisotopic (exact) mass is 402 g/mol. The third kappa shape index (κ3) is 2.80. The highest BCUT2D eigenvalue weighted by Crippen LogP contribution is 2.48. The minimum Gasteiger partial charge on any atom is -0.464 e. The van der Waals surface area contributed by atoms with Crippen molar-refractivity contribution in [3.05, 3.63) is 86.6 Å².